The fourth-order valence-electron chi connectivity index (χ4n) is 3.45. The second-order valence-corrected chi connectivity index (χ2v) is 6.12. The lowest BCUT2D eigenvalue weighted by atomic mass is 9.90. The molecule has 1 atom stereocenters. The molecule has 19 heavy (non-hydrogen) atoms. The molecule has 0 spiro atoms. The number of nitrogens with one attached hydrogen (secondary N) is 1. The van der Waals surface area contributed by atoms with Gasteiger partial charge in [0.15, 0.2) is 0 Å². The van der Waals surface area contributed by atoms with Crippen LogP contribution in [0.1, 0.15) is 32.6 Å². The van der Waals surface area contributed by atoms with Crippen LogP contribution < -0.4 is 5.32 Å². The molecule has 0 radical (unpaired) electrons. The maximum absolute atomic E-state index is 5.92. The number of hydrogen-bond donors (Lipinski definition) is 1. The van der Waals surface area contributed by atoms with Crippen molar-refractivity contribution in [3.63, 3.8) is 0 Å². The Balaban J connectivity index is 1.73. The van der Waals surface area contributed by atoms with E-state index in [9.17, 15) is 0 Å². The number of ether oxygens (including phenoxy) is 1. The van der Waals surface area contributed by atoms with Crippen molar-refractivity contribution in [2.45, 2.75) is 50.8 Å². The van der Waals surface area contributed by atoms with Gasteiger partial charge in [-0.25, -0.2) is 0 Å². The Labute approximate surface area is 118 Å². The Morgan fingerprint density at radius 2 is 2.00 bits per heavy atom. The highest BCUT2D eigenvalue weighted by Crippen LogP contribution is 2.22. The normalized spacial score (nSPS) is 33.8. The van der Waals surface area contributed by atoms with E-state index in [1.807, 2.05) is 0 Å². The standard InChI is InChI=1S/C15H31N3O/c1-4-18-9-10-19-15(12-18)11-17(3)14-7-5-13(16-2)6-8-14/h13-16H,4-12H2,1-3H3. The summed E-state index contributed by atoms with van der Waals surface area (Å²) in [5.74, 6) is 0. The number of likely N-dealkylation sites (N-methyl/N-ethyl adjacent to an activating group) is 2. The van der Waals surface area contributed by atoms with E-state index in [4.69, 9.17) is 4.74 Å². The first-order valence-electron chi connectivity index (χ1n) is 7.94. The highest BCUT2D eigenvalue weighted by molar-refractivity contribution is 4.83. The van der Waals surface area contributed by atoms with Crippen molar-refractivity contribution in [1.82, 2.24) is 15.1 Å². The Kier molecular flexibility index (Phi) is 6.07. The zero-order valence-electron chi connectivity index (χ0n) is 12.9. The van der Waals surface area contributed by atoms with Gasteiger partial charge in [-0.05, 0) is 46.3 Å². The van der Waals surface area contributed by atoms with Crippen molar-refractivity contribution in [1.29, 1.82) is 0 Å². The van der Waals surface area contributed by atoms with Gasteiger partial charge in [-0.1, -0.05) is 6.92 Å². The number of hydrogen-bond acceptors (Lipinski definition) is 4. The summed E-state index contributed by atoms with van der Waals surface area (Å²) in [5.41, 5.74) is 0. The molecule has 1 unspecified atom stereocenters. The number of morpholine rings is 1. The third kappa shape index (κ3) is 4.42. The summed E-state index contributed by atoms with van der Waals surface area (Å²) >= 11 is 0. The van der Waals surface area contributed by atoms with Crippen LogP contribution in [0.2, 0.25) is 0 Å². The van der Waals surface area contributed by atoms with Crippen LogP contribution in [0.4, 0.5) is 0 Å². The third-order valence-corrected chi connectivity index (χ3v) is 4.89. The molecule has 1 N–H and O–H groups in total. The molecule has 2 fully saturated rings. The molecule has 0 bridgehead atoms. The van der Waals surface area contributed by atoms with Crippen molar-refractivity contribution < 1.29 is 4.74 Å². The van der Waals surface area contributed by atoms with Crippen LogP contribution in [0.5, 0.6) is 0 Å². The molecule has 0 amide bonds. The molecular weight excluding hydrogens is 238 g/mol. The molecule has 0 aromatic carbocycles. The van der Waals surface area contributed by atoms with Crippen molar-refractivity contribution in [3.05, 3.63) is 0 Å². The predicted molar refractivity (Wildman–Crippen MR) is 79.6 cm³/mol. The number of rotatable bonds is 5. The molecule has 1 saturated heterocycles. The lowest BCUT2D eigenvalue weighted by Gasteiger charge is -2.39. The van der Waals surface area contributed by atoms with Gasteiger partial charge in [0.25, 0.3) is 0 Å². The minimum atomic E-state index is 0.403. The summed E-state index contributed by atoms with van der Waals surface area (Å²) < 4.78 is 5.92. The Morgan fingerprint density at radius 1 is 1.26 bits per heavy atom. The molecule has 4 heteroatoms. The third-order valence-electron chi connectivity index (χ3n) is 4.89. The topological polar surface area (TPSA) is 27.7 Å². The summed E-state index contributed by atoms with van der Waals surface area (Å²) in [6, 6.07) is 1.50. The van der Waals surface area contributed by atoms with Crippen LogP contribution in [-0.2, 0) is 4.74 Å². The Hall–Kier alpha value is -0.160. The molecule has 112 valence electrons. The van der Waals surface area contributed by atoms with Crippen LogP contribution >= 0.6 is 0 Å². The molecular formula is C15H31N3O. The quantitative estimate of drug-likeness (QED) is 0.811. The van der Waals surface area contributed by atoms with Crippen LogP contribution in [0.3, 0.4) is 0 Å². The van der Waals surface area contributed by atoms with Crippen LogP contribution in [0.15, 0.2) is 0 Å². The van der Waals surface area contributed by atoms with Crippen LogP contribution in [-0.4, -0.2) is 74.9 Å². The summed E-state index contributed by atoms with van der Waals surface area (Å²) in [6.07, 6.45) is 5.69. The Morgan fingerprint density at radius 3 is 2.63 bits per heavy atom. The van der Waals surface area contributed by atoms with Crippen LogP contribution in [0, 0.1) is 0 Å². The molecule has 2 rings (SSSR count). The minimum absolute atomic E-state index is 0.403. The van der Waals surface area contributed by atoms with E-state index < -0.39 is 0 Å². The second kappa shape index (κ2) is 7.58. The van der Waals surface area contributed by atoms with E-state index in [0.717, 1.165) is 44.9 Å². The predicted octanol–water partition coefficient (Wildman–Crippen LogP) is 1.17. The van der Waals surface area contributed by atoms with Crippen molar-refractivity contribution in [2.75, 3.05) is 46.9 Å². The highest BCUT2D eigenvalue weighted by atomic mass is 16.5. The molecule has 1 saturated carbocycles. The molecule has 1 aliphatic heterocycles. The van der Waals surface area contributed by atoms with E-state index in [2.05, 4.69) is 36.1 Å². The van der Waals surface area contributed by atoms with Gasteiger partial charge in [0.2, 0.25) is 0 Å². The fourth-order valence-corrected chi connectivity index (χ4v) is 3.45. The average Bonchev–Trinajstić information content (AvgIpc) is 2.47. The van der Waals surface area contributed by atoms with Gasteiger partial charge in [-0.15, -0.1) is 0 Å². The van der Waals surface area contributed by atoms with Crippen molar-refractivity contribution in [2.24, 2.45) is 0 Å². The average molecular weight is 269 g/mol. The van der Waals surface area contributed by atoms with E-state index >= 15 is 0 Å². The van der Waals surface area contributed by atoms with Gasteiger partial charge in [-0.2, -0.15) is 0 Å². The van der Waals surface area contributed by atoms with E-state index in [0.29, 0.717) is 6.10 Å². The van der Waals surface area contributed by atoms with Gasteiger partial charge in [0.05, 0.1) is 12.7 Å². The zero-order valence-corrected chi connectivity index (χ0v) is 12.9. The van der Waals surface area contributed by atoms with Gasteiger partial charge in [-0.3, -0.25) is 4.90 Å². The van der Waals surface area contributed by atoms with Gasteiger partial charge in [0, 0.05) is 31.7 Å². The lowest BCUT2D eigenvalue weighted by molar-refractivity contribution is -0.0453. The summed E-state index contributed by atoms with van der Waals surface area (Å²) in [6.45, 7) is 7.59. The van der Waals surface area contributed by atoms with Gasteiger partial charge in [0.1, 0.15) is 0 Å². The zero-order chi connectivity index (χ0) is 13.7. The van der Waals surface area contributed by atoms with Gasteiger partial charge >= 0.3 is 0 Å². The smallest absolute Gasteiger partial charge is 0.0829 e. The summed E-state index contributed by atoms with van der Waals surface area (Å²) in [5, 5.41) is 3.41. The molecule has 0 aromatic rings. The molecule has 0 aromatic heterocycles. The maximum Gasteiger partial charge on any atom is 0.0829 e. The van der Waals surface area contributed by atoms with Crippen molar-refractivity contribution >= 4 is 0 Å². The maximum atomic E-state index is 5.92. The summed E-state index contributed by atoms with van der Waals surface area (Å²) in [7, 11) is 4.36. The molecule has 1 heterocycles. The first kappa shape index (κ1) is 15.2. The Bertz CT molecular complexity index is 254. The monoisotopic (exact) mass is 269 g/mol. The largest absolute Gasteiger partial charge is 0.374 e. The highest BCUT2D eigenvalue weighted by Gasteiger charge is 2.26. The molecule has 1 aliphatic carbocycles. The van der Waals surface area contributed by atoms with Crippen molar-refractivity contribution in [3.8, 4) is 0 Å². The minimum Gasteiger partial charge on any atom is -0.374 e. The fraction of sp³-hybridized carbons (Fsp3) is 1.00. The first-order valence-corrected chi connectivity index (χ1v) is 7.94. The van der Waals surface area contributed by atoms with E-state index in [1.165, 1.54) is 25.7 Å². The molecule has 2 aliphatic rings. The lowest BCUT2D eigenvalue weighted by Crippen LogP contribution is -2.49. The van der Waals surface area contributed by atoms with Crippen LogP contribution in [0.25, 0.3) is 0 Å². The van der Waals surface area contributed by atoms with Gasteiger partial charge < -0.3 is 15.0 Å². The van der Waals surface area contributed by atoms with E-state index in [-0.39, 0.29) is 0 Å². The first-order chi connectivity index (χ1) is 9.22. The van der Waals surface area contributed by atoms with E-state index in [1.54, 1.807) is 0 Å². The second-order valence-electron chi connectivity index (χ2n) is 6.12. The summed E-state index contributed by atoms with van der Waals surface area (Å²) in [4.78, 5) is 5.04. The number of nitrogens with zero attached hydrogens (tertiary/aromatic N) is 2. The SMILES string of the molecule is CCN1CCOC(CN(C)C2CCC(NC)CC2)C1. The molecule has 4 nitrogen and oxygen atoms in total.